The van der Waals surface area contributed by atoms with Crippen LogP contribution >= 0.6 is 0 Å². The van der Waals surface area contributed by atoms with Crippen molar-refractivity contribution in [2.24, 2.45) is 5.73 Å². The van der Waals surface area contributed by atoms with Crippen LogP contribution in [0.3, 0.4) is 0 Å². The minimum Gasteiger partial charge on any atom is -0.452 e. The summed E-state index contributed by atoms with van der Waals surface area (Å²) in [7, 11) is 0. The van der Waals surface area contributed by atoms with E-state index in [0.717, 1.165) is 19.4 Å². The Labute approximate surface area is 122 Å². The van der Waals surface area contributed by atoms with Gasteiger partial charge < -0.3 is 15.8 Å². The number of esters is 1. The van der Waals surface area contributed by atoms with Crippen molar-refractivity contribution in [3.05, 3.63) is 29.8 Å². The van der Waals surface area contributed by atoms with E-state index in [1.165, 1.54) is 0 Å². The largest absolute Gasteiger partial charge is 0.452 e. The van der Waals surface area contributed by atoms with E-state index >= 15 is 0 Å². The first kappa shape index (κ1) is 16.5. The Balaban J connectivity index is 2.60. The van der Waals surface area contributed by atoms with E-state index in [1.807, 2.05) is 5.32 Å². The lowest BCUT2D eigenvalue weighted by Gasteiger charge is -2.11. The molecule has 0 saturated carbocycles. The number of ether oxygens (including phenoxy) is 1. The number of hydrogen-bond acceptors (Lipinski definition) is 5. The highest BCUT2D eigenvalue weighted by Crippen LogP contribution is 2.16. The van der Waals surface area contributed by atoms with E-state index in [-0.39, 0.29) is 0 Å². The Bertz CT molecular complexity index is 517. The molecule has 1 aromatic carbocycles. The molecule has 0 bridgehead atoms. The lowest BCUT2D eigenvalue weighted by Crippen LogP contribution is -2.37. The Kier molecular flexibility index (Phi) is 6.73. The number of unbranched alkanes of at least 4 members (excludes halogenated alkanes) is 1. The Morgan fingerprint density at radius 1 is 1.24 bits per heavy atom. The first-order valence-corrected chi connectivity index (χ1v) is 6.64. The van der Waals surface area contributed by atoms with Gasteiger partial charge in [0.05, 0.1) is 5.56 Å². The van der Waals surface area contributed by atoms with Gasteiger partial charge in [0.25, 0.3) is 5.91 Å². The lowest BCUT2D eigenvalue weighted by atomic mass is 10.1. The van der Waals surface area contributed by atoms with Gasteiger partial charge in [-0.05, 0) is 18.6 Å². The summed E-state index contributed by atoms with van der Waals surface area (Å²) in [5.74, 6) is -1.42. The molecule has 3 amide bonds. The van der Waals surface area contributed by atoms with Crippen LogP contribution in [0.2, 0.25) is 0 Å². The molecule has 1 rings (SSSR count). The minimum atomic E-state index is -0.988. The van der Waals surface area contributed by atoms with Crippen LogP contribution in [-0.2, 0) is 9.53 Å². The van der Waals surface area contributed by atoms with Crippen LogP contribution in [-0.4, -0.2) is 31.1 Å². The second-order valence-corrected chi connectivity index (χ2v) is 4.31. The fraction of sp³-hybridized carbons (Fsp3) is 0.357. The van der Waals surface area contributed by atoms with Gasteiger partial charge in [0.15, 0.2) is 6.61 Å². The van der Waals surface area contributed by atoms with E-state index in [9.17, 15) is 14.4 Å². The average Bonchev–Trinajstić information content (AvgIpc) is 2.45. The van der Waals surface area contributed by atoms with Gasteiger partial charge in [0.2, 0.25) is 0 Å². The molecule has 0 unspecified atom stereocenters. The van der Waals surface area contributed by atoms with Gasteiger partial charge in [-0.25, -0.2) is 9.59 Å². The van der Waals surface area contributed by atoms with Crippen LogP contribution in [0.5, 0.6) is 0 Å². The molecule has 4 N–H and O–H groups in total. The third-order valence-corrected chi connectivity index (χ3v) is 2.59. The van der Waals surface area contributed by atoms with Crippen LogP contribution in [0.4, 0.5) is 10.5 Å². The SMILES string of the molecule is CCCCNc1ccccc1C(=O)OCC(=O)NC(N)=O. The molecule has 7 nitrogen and oxygen atoms in total. The number of carbonyl (C=O) groups is 3. The fourth-order valence-electron chi connectivity index (χ4n) is 1.60. The molecule has 0 aromatic heterocycles. The minimum absolute atomic E-state index is 0.334. The van der Waals surface area contributed by atoms with Gasteiger partial charge in [-0.1, -0.05) is 25.5 Å². The van der Waals surface area contributed by atoms with Crippen molar-refractivity contribution >= 4 is 23.6 Å². The zero-order chi connectivity index (χ0) is 15.7. The number of rotatable bonds is 7. The summed E-state index contributed by atoms with van der Waals surface area (Å²) in [6.45, 7) is 2.24. The summed E-state index contributed by atoms with van der Waals surface area (Å²) >= 11 is 0. The Hall–Kier alpha value is -2.57. The molecule has 114 valence electrons. The molecular formula is C14H19N3O4. The van der Waals surface area contributed by atoms with E-state index in [2.05, 4.69) is 12.2 Å². The number of nitrogens with two attached hydrogens (primary N) is 1. The van der Waals surface area contributed by atoms with Gasteiger partial charge in [0.1, 0.15) is 0 Å². The summed E-state index contributed by atoms with van der Waals surface area (Å²) in [5.41, 5.74) is 5.76. The molecule has 7 heteroatoms. The van der Waals surface area contributed by atoms with Gasteiger partial charge in [-0.15, -0.1) is 0 Å². The molecule has 1 aromatic rings. The Morgan fingerprint density at radius 2 is 1.95 bits per heavy atom. The summed E-state index contributed by atoms with van der Waals surface area (Å²) in [6.07, 6.45) is 2.01. The maximum absolute atomic E-state index is 11.9. The van der Waals surface area contributed by atoms with Gasteiger partial charge >= 0.3 is 12.0 Å². The third kappa shape index (κ3) is 5.94. The number of para-hydroxylation sites is 1. The number of anilines is 1. The topological polar surface area (TPSA) is 111 Å². The molecule has 21 heavy (non-hydrogen) atoms. The maximum atomic E-state index is 11.9. The fourth-order valence-corrected chi connectivity index (χ4v) is 1.60. The molecule has 0 aliphatic carbocycles. The summed E-state index contributed by atoms with van der Waals surface area (Å²) < 4.78 is 4.84. The van der Waals surface area contributed by atoms with Crippen molar-refractivity contribution in [1.82, 2.24) is 5.32 Å². The van der Waals surface area contributed by atoms with E-state index in [4.69, 9.17) is 10.5 Å². The highest BCUT2D eigenvalue weighted by molar-refractivity contribution is 5.98. The van der Waals surface area contributed by atoms with Crippen molar-refractivity contribution in [2.45, 2.75) is 19.8 Å². The number of urea groups is 1. The van der Waals surface area contributed by atoms with Crippen molar-refractivity contribution in [3.8, 4) is 0 Å². The first-order chi connectivity index (χ1) is 10.0. The molecule has 0 spiro atoms. The quantitative estimate of drug-likeness (QED) is 0.517. The van der Waals surface area contributed by atoms with Crippen molar-refractivity contribution < 1.29 is 19.1 Å². The average molecular weight is 293 g/mol. The molecule has 0 heterocycles. The van der Waals surface area contributed by atoms with Crippen LogP contribution in [0.25, 0.3) is 0 Å². The monoisotopic (exact) mass is 293 g/mol. The summed E-state index contributed by atoms with van der Waals surface area (Å²) in [6, 6.07) is 5.87. The summed E-state index contributed by atoms with van der Waals surface area (Å²) in [4.78, 5) is 33.6. The van der Waals surface area contributed by atoms with Gasteiger partial charge in [-0.2, -0.15) is 0 Å². The number of nitrogens with one attached hydrogen (secondary N) is 2. The second-order valence-electron chi connectivity index (χ2n) is 4.31. The highest BCUT2D eigenvalue weighted by atomic mass is 16.5. The smallest absolute Gasteiger partial charge is 0.340 e. The zero-order valence-corrected chi connectivity index (χ0v) is 11.8. The van der Waals surface area contributed by atoms with Gasteiger partial charge in [0, 0.05) is 12.2 Å². The van der Waals surface area contributed by atoms with Crippen LogP contribution in [0, 0.1) is 0 Å². The Morgan fingerprint density at radius 3 is 2.62 bits per heavy atom. The van der Waals surface area contributed by atoms with Crippen molar-refractivity contribution in [1.29, 1.82) is 0 Å². The predicted octanol–water partition coefficient (Wildman–Crippen LogP) is 1.25. The zero-order valence-electron chi connectivity index (χ0n) is 11.8. The number of carbonyl (C=O) groups excluding carboxylic acids is 3. The number of imide groups is 1. The van der Waals surface area contributed by atoms with Crippen LogP contribution in [0.15, 0.2) is 24.3 Å². The lowest BCUT2D eigenvalue weighted by molar-refractivity contribution is -0.123. The second kappa shape index (κ2) is 8.57. The predicted molar refractivity (Wildman–Crippen MR) is 77.8 cm³/mol. The molecule has 0 fully saturated rings. The van der Waals surface area contributed by atoms with E-state index < -0.39 is 24.5 Å². The third-order valence-electron chi connectivity index (χ3n) is 2.59. The number of primary amides is 1. The molecular weight excluding hydrogens is 274 g/mol. The number of hydrogen-bond donors (Lipinski definition) is 3. The molecule has 0 atom stereocenters. The summed E-state index contributed by atoms with van der Waals surface area (Å²) in [5, 5.41) is 4.95. The molecule has 0 aliphatic rings. The van der Waals surface area contributed by atoms with Crippen LogP contribution in [0.1, 0.15) is 30.1 Å². The molecule has 0 saturated heterocycles. The van der Waals surface area contributed by atoms with E-state index in [1.54, 1.807) is 24.3 Å². The van der Waals surface area contributed by atoms with Crippen molar-refractivity contribution in [2.75, 3.05) is 18.5 Å². The molecule has 0 aliphatic heterocycles. The number of benzene rings is 1. The first-order valence-electron chi connectivity index (χ1n) is 6.64. The van der Waals surface area contributed by atoms with Crippen LogP contribution < -0.4 is 16.4 Å². The normalized spacial score (nSPS) is 9.76. The van der Waals surface area contributed by atoms with E-state index in [0.29, 0.717) is 11.3 Å². The van der Waals surface area contributed by atoms with Crippen molar-refractivity contribution in [3.63, 3.8) is 0 Å². The van der Waals surface area contributed by atoms with Gasteiger partial charge in [-0.3, -0.25) is 10.1 Å². The molecule has 0 radical (unpaired) electrons. The number of amides is 3. The standard InChI is InChI=1S/C14H19N3O4/c1-2-3-8-16-11-7-5-4-6-10(11)13(19)21-9-12(18)17-14(15)20/h4-7,16H,2-3,8-9H2,1H3,(H3,15,17,18,20). The highest BCUT2D eigenvalue weighted by Gasteiger charge is 2.14. The maximum Gasteiger partial charge on any atom is 0.340 e.